The Labute approximate surface area is 273 Å². The number of fused-ring (bicyclic) bond motifs is 1. The lowest BCUT2D eigenvalue weighted by Crippen LogP contribution is -2.48. The molecule has 4 atom stereocenters. The number of likely N-dealkylation sites (N-methyl/N-ethyl adjacent to an activating group) is 1. The average molecular weight is 690 g/mol. The van der Waals surface area contributed by atoms with Crippen molar-refractivity contribution in [1.82, 2.24) is 9.21 Å². The SMILES string of the molecule is C[C@@H]1CN([C@@H](C)CO)C(=O)c2cc(NC(=O)CCC(F)(F)F)ccc2O[C@@H](C)CCCCO[C@@H]1CN(C)S(=O)(=O)c1ccc(F)cc1. The molecule has 262 valence electrons. The van der Waals surface area contributed by atoms with Crippen LogP contribution in [0.3, 0.4) is 0 Å². The number of hydrogen-bond acceptors (Lipinski definition) is 7. The highest BCUT2D eigenvalue weighted by Gasteiger charge is 2.33. The van der Waals surface area contributed by atoms with Crippen LogP contribution in [0.15, 0.2) is 47.4 Å². The quantitative estimate of drug-likeness (QED) is 0.346. The molecule has 1 heterocycles. The highest BCUT2D eigenvalue weighted by Crippen LogP contribution is 2.29. The summed E-state index contributed by atoms with van der Waals surface area (Å²) in [6, 6.07) is 8.01. The van der Waals surface area contributed by atoms with Crippen molar-refractivity contribution >= 4 is 27.5 Å². The molecule has 3 rings (SSSR count). The number of anilines is 1. The van der Waals surface area contributed by atoms with Crippen molar-refractivity contribution in [3.8, 4) is 5.75 Å². The summed E-state index contributed by atoms with van der Waals surface area (Å²) in [4.78, 5) is 27.7. The summed E-state index contributed by atoms with van der Waals surface area (Å²) in [7, 11) is -2.62. The largest absolute Gasteiger partial charge is 0.490 e. The Balaban J connectivity index is 1.94. The van der Waals surface area contributed by atoms with Gasteiger partial charge in [0.05, 0.1) is 41.7 Å². The number of halogens is 4. The van der Waals surface area contributed by atoms with E-state index in [1.54, 1.807) is 13.8 Å². The first kappa shape index (κ1) is 38.2. The van der Waals surface area contributed by atoms with E-state index in [0.29, 0.717) is 25.9 Å². The van der Waals surface area contributed by atoms with Crippen molar-refractivity contribution < 1.29 is 50.1 Å². The second-order valence-corrected chi connectivity index (χ2v) is 14.0. The van der Waals surface area contributed by atoms with Crippen LogP contribution in [0.2, 0.25) is 0 Å². The van der Waals surface area contributed by atoms with Gasteiger partial charge in [0.15, 0.2) is 0 Å². The van der Waals surface area contributed by atoms with Crippen LogP contribution in [-0.2, 0) is 19.6 Å². The molecule has 1 aliphatic rings. The average Bonchev–Trinajstić information content (AvgIpc) is 3.01. The summed E-state index contributed by atoms with van der Waals surface area (Å²) in [6.45, 7) is 5.07. The van der Waals surface area contributed by atoms with Crippen LogP contribution in [-0.4, -0.2) is 92.3 Å². The van der Waals surface area contributed by atoms with Gasteiger partial charge < -0.3 is 24.8 Å². The number of aliphatic hydroxyl groups is 1. The van der Waals surface area contributed by atoms with Crippen molar-refractivity contribution in [1.29, 1.82) is 0 Å². The lowest BCUT2D eigenvalue weighted by molar-refractivity contribution is -0.142. The number of sulfonamides is 1. The number of aliphatic hydroxyl groups excluding tert-OH is 1. The van der Waals surface area contributed by atoms with Crippen LogP contribution in [0.4, 0.5) is 23.2 Å². The maximum absolute atomic E-state index is 14.2. The second kappa shape index (κ2) is 16.7. The molecule has 0 unspecified atom stereocenters. The number of carbonyl (C=O) groups is 2. The molecule has 15 heteroatoms. The zero-order valence-corrected chi connectivity index (χ0v) is 27.7. The van der Waals surface area contributed by atoms with Gasteiger partial charge in [-0.15, -0.1) is 0 Å². The van der Waals surface area contributed by atoms with Crippen molar-refractivity contribution in [3.05, 3.63) is 53.8 Å². The molecule has 0 spiro atoms. The number of nitrogens with zero attached hydrogens (tertiary/aromatic N) is 2. The lowest BCUT2D eigenvalue weighted by Gasteiger charge is -2.35. The summed E-state index contributed by atoms with van der Waals surface area (Å²) in [5, 5.41) is 12.5. The number of hydrogen-bond donors (Lipinski definition) is 2. The zero-order chi connectivity index (χ0) is 34.9. The molecule has 2 N–H and O–H groups in total. The third kappa shape index (κ3) is 11.2. The number of carbonyl (C=O) groups excluding carboxylic acids is 2. The predicted molar refractivity (Wildman–Crippen MR) is 167 cm³/mol. The van der Waals surface area contributed by atoms with Gasteiger partial charge >= 0.3 is 6.18 Å². The fourth-order valence-electron chi connectivity index (χ4n) is 5.08. The Morgan fingerprint density at radius 2 is 1.83 bits per heavy atom. The second-order valence-electron chi connectivity index (χ2n) is 11.9. The van der Waals surface area contributed by atoms with E-state index in [-0.39, 0.29) is 41.1 Å². The molecule has 0 aromatic heterocycles. The van der Waals surface area contributed by atoms with Crippen molar-refractivity contribution in [3.63, 3.8) is 0 Å². The Hall–Kier alpha value is -3.27. The summed E-state index contributed by atoms with van der Waals surface area (Å²) in [6.07, 6.45) is -5.72. The molecule has 0 radical (unpaired) electrons. The summed E-state index contributed by atoms with van der Waals surface area (Å²) >= 11 is 0. The standard InChI is InChI=1S/C32H43F4N3O7S/c1-21-18-39(22(2)20-40)31(42)27-17-25(37-30(41)14-15-32(34,35)36)10-13-28(27)46-23(3)7-5-6-16-45-29(21)19-38(4)47(43,44)26-11-8-24(33)9-12-26/h8-13,17,21-23,29,40H,5-7,14-16,18-20H2,1-4H3,(H,37,41)/t21-,22+,23+,29-/m1/s1. The van der Waals surface area contributed by atoms with E-state index in [9.17, 15) is 40.7 Å². The third-order valence-corrected chi connectivity index (χ3v) is 9.77. The van der Waals surface area contributed by atoms with E-state index in [2.05, 4.69) is 5.32 Å². The molecule has 1 aliphatic heterocycles. The number of benzene rings is 2. The molecule has 10 nitrogen and oxygen atoms in total. The number of ether oxygens (including phenoxy) is 2. The van der Waals surface area contributed by atoms with E-state index >= 15 is 0 Å². The molecule has 0 aliphatic carbocycles. The van der Waals surface area contributed by atoms with Gasteiger partial charge in [0.1, 0.15) is 11.6 Å². The van der Waals surface area contributed by atoms with Gasteiger partial charge in [-0.25, -0.2) is 12.8 Å². The number of alkyl halides is 3. The number of amides is 2. The van der Waals surface area contributed by atoms with Crippen LogP contribution in [0.5, 0.6) is 5.75 Å². The molecule has 0 fully saturated rings. The fraction of sp³-hybridized carbons (Fsp3) is 0.562. The van der Waals surface area contributed by atoms with Gasteiger partial charge in [0.25, 0.3) is 5.91 Å². The first-order valence-corrected chi connectivity index (χ1v) is 16.9. The van der Waals surface area contributed by atoms with Crippen LogP contribution in [0.1, 0.15) is 63.2 Å². The van der Waals surface area contributed by atoms with Gasteiger partial charge in [-0.2, -0.15) is 17.5 Å². The number of rotatable bonds is 9. The Kier molecular flexibility index (Phi) is 13.6. The van der Waals surface area contributed by atoms with Gasteiger partial charge in [-0.3, -0.25) is 9.59 Å². The minimum absolute atomic E-state index is 0.0207. The van der Waals surface area contributed by atoms with Crippen LogP contribution in [0.25, 0.3) is 0 Å². The van der Waals surface area contributed by atoms with Gasteiger partial charge in [0.2, 0.25) is 15.9 Å². The summed E-state index contributed by atoms with van der Waals surface area (Å²) < 4.78 is 91.4. The first-order valence-electron chi connectivity index (χ1n) is 15.4. The summed E-state index contributed by atoms with van der Waals surface area (Å²) in [5.41, 5.74) is 0.128. The van der Waals surface area contributed by atoms with Crippen LogP contribution >= 0.6 is 0 Å². The lowest BCUT2D eigenvalue weighted by atomic mass is 10.0. The Morgan fingerprint density at radius 3 is 2.47 bits per heavy atom. The predicted octanol–water partition coefficient (Wildman–Crippen LogP) is 5.22. The third-order valence-electron chi connectivity index (χ3n) is 7.93. The molecule has 0 bridgehead atoms. The fourth-order valence-corrected chi connectivity index (χ4v) is 6.26. The van der Waals surface area contributed by atoms with Crippen molar-refractivity contribution in [2.45, 2.75) is 82.2 Å². The minimum atomic E-state index is -4.51. The highest BCUT2D eigenvalue weighted by molar-refractivity contribution is 7.89. The molecule has 2 aromatic carbocycles. The smallest absolute Gasteiger partial charge is 0.389 e. The van der Waals surface area contributed by atoms with Gasteiger partial charge in [-0.05, 0) is 75.6 Å². The molecular weight excluding hydrogens is 646 g/mol. The van der Waals surface area contributed by atoms with E-state index in [1.807, 2.05) is 6.92 Å². The Morgan fingerprint density at radius 1 is 1.15 bits per heavy atom. The number of nitrogens with one attached hydrogen (secondary N) is 1. The monoisotopic (exact) mass is 689 g/mol. The molecular formula is C32H43F4N3O7S. The van der Waals surface area contributed by atoms with E-state index in [4.69, 9.17) is 9.47 Å². The summed E-state index contributed by atoms with van der Waals surface area (Å²) in [5.74, 6) is -2.28. The zero-order valence-electron chi connectivity index (χ0n) is 26.9. The topological polar surface area (TPSA) is 125 Å². The van der Waals surface area contributed by atoms with Gasteiger partial charge in [-0.1, -0.05) is 6.92 Å². The highest BCUT2D eigenvalue weighted by atomic mass is 32.2. The first-order chi connectivity index (χ1) is 22.0. The maximum Gasteiger partial charge on any atom is 0.389 e. The molecule has 0 saturated heterocycles. The van der Waals surface area contributed by atoms with E-state index in [1.165, 1.54) is 42.3 Å². The molecule has 2 amide bonds. The minimum Gasteiger partial charge on any atom is -0.490 e. The van der Waals surface area contributed by atoms with Crippen molar-refractivity contribution in [2.75, 3.05) is 38.7 Å². The Bertz CT molecular complexity index is 1460. The van der Waals surface area contributed by atoms with Crippen molar-refractivity contribution in [2.24, 2.45) is 5.92 Å². The molecule has 2 aromatic rings. The van der Waals surface area contributed by atoms with Gasteiger partial charge in [0, 0.05) is 44.8 Å². The van der Waals surface area contributed by atoms with E-state index < -0.39 is 71.3 Å². The normalized spacial score (nSPS) is 21.0. The maximum atomic E-state index is 14.2. The van der Waals surface area contributed by atoms with E-state index in [0.717, 1.165) is 16.4 Å². The molecule has 0 saturated carbocycles. The molecule has 47 heavy (non-hydrogen) atoms. The van der Waals surface area contributed by atoms with Crippen LogP contribution < -0.4 is 10.1 Å². The van der Waals surface area contributed by atoms with Crippen LogP contribution in [0, 0.1) is 11.7 Å².